The molecule has 1 aliphatic heterocycles. The van der Waals surface area contributed by atoms with Gasteiger partial charge in [-0.15, -0.1) is 5.10 Å². The lowest BCUT2D eigenvalue weighted by Crippen LogP contribution is -2.46. The molecule has 6 heteroatoms. The molecule has 1 amide bonds. The van der Waals surface area contributed by atoms with Gasteiger partial charge in [-0.2, -0.15) is 0 Å². The molecule has 0 bridgehead atoms. The second-order valence-electron chi connectivity index (χ2n) is 6.19. The van der Waals surface area contributed by atoms with Crippen molar-refractivity contribution in [3.8, 4) is 0 Å². The Kier molecular flexibility index (Phi) is 5.33. The number of piperidine rings is 1. The van der Waals surface area contributed by atoms with E-state index in [0.29, 0.717) is 6.04 Å². The highest BCUT2D eigenvalue weighted by molar-refractivity contribution is 5.90. The molecule has 0 aromatic carbocycles. The molecule has 21 heavy (non-hydrogen) atoms. The van der Waals surface area contributed by atoms with Gasteiger partial charge in [0, 0.05) is 32.1 Å². The van der Waals surface area contributed by atoms with E-state index < -0.39 is 0 Å². The molecule has 0 unspecified atom stereocenters. The van der Waals surface area contributed by atoms with Crippen molar-refractivity contribution in [3.63, 3.8) is 0 Å². The third-order valence-corrected chi connectivity index (χ3v) is 4.21. The maximum absolute atomic E-state index is 12.5. The van der Waals surface area contributed by atoms with Gasteiger partial charge in [0.05, 0.1) is 0 Å². The molecule has 2 rings (SSSR count). The highest BCUT2D eigenvalue weighted by Crippen LogP contribution is 2.17. The smallest absolute Gasteiger partial charge is 0.293 e. The van der Waals surface area contributed by atoms with Crippen molar-refractivity contribution in [1.82, 2.24) is 25.0 Å². The minimum absolute atomic E-state index is 0.0768. The first kappa shape index (κ1) is 15.9. The molecule has 1 saturated heterocycles. The van der Waals surface area contributed by atoms with Crippen molar-refractivity contribution in [2.24, 2.45) is 0 Å². The molecule has 1 N–H and O–H groups in total. The summed E-state index contributed by atoms with van der Waals surface area (Å²) in [6, 6.07) is 0.298. The number of H-pyrrole nitrogens is 1. The molecule has 0 atom stereocenters. The van der Waals surface area contributed by atoms with Crippen LogP contribution in [0.5, 0.6) is 0 Å². The van der Waals surface area contributed by atoms with Crippen molar-refractivity contribution >= 4 is 5.91 Å². The van der Waals surface area contributed by atoms with Crippen molar-refractivity contribution in [1.29, 1.82) is 0 Å². The van der Waals surface area contributed by atoms with Crippen molar-refractivity contribution < 1.29 is 4.79 Å². The van der Waals surface area contributed by atoms with E-state index in [0.717, 1.165) is 38.3 Å². The summed E-state index contributed by atoms with van der Waals surface area (Å²) in [5, 5.41) is 6.91. The number of rotatable bonds is 5. The van der Waals surface area contributed by atoms with Gasteiger partial charge in [-0.05, 0) is 25.8 Å². The summed E-state index contributed by atoms with van der Waals surface area (Å²) in [5.41, 5.74) is 0. The summed E-state index contributed by atoms with van der Waals surface area (Å²) in [7, 11) is 1.87. The van der Waals surface area contributed by atoms with E-state index >= 15 is 0 Å². The van der Waals surface area contributed by atoms with E-state index in [1.165, 1.54) is 6.42 Å². The predicted molar refractivity (Wildman–Crippen MR) is 82.3 cm³/mol. The Morgan fingerprint density at radius 2 is 2.10 bits per heavy atom. The molecule has 0 saturated carbocycles. The van der Waals surface area contributed by atoms with E-state index in [1.54, 1.807) is 0 Å². The van der Waals surface area contributed by atoms with Crippen LogP contribution in [0.15, 0.2) is 0 Å². The van der Waals surface area contributed by atoms with Crippen LogP contribution in [0.3, 0.4) is 0 Å². The van der Waals surface area contributed by atoms with Crippen LogP contribution in [0.4, 0.5) is 0 Å². The van der Waals surface area contributed by atoms with E-state index in [-0.39, 0.29) is 17.6 Å². The number of carbonyl (C=O) groups excluding carboxylic acids is 1. The van der Waals surface area contributed by atoms with Crippen molar-refractivity contribution in [2.45, 2.75) is 52.0 Å². The third-order valence-electron chi connectivity index (χ3n) is 4.21. The highest BCUT2D eigenvalue weighted by Gasteiger charge is 2.27. The maximum Gasteiger partial charge on any atom is 0.293 e. The zero-order valence-electron chi connectivity index (χ0n) is 13.6. The van der Waals surface area contributed by atoms with Crippen LogP contribution in [0.1, 0.15) is 62.4 Å². The number of carbonyl (C=O) groups is 1. The molecule has 0 radical (unpaired) electrons. The Balaban J connectivity index is 1.93. The molecule has 6 nitrogen and oxygen atoms in total. The summed E-state index contributed by atoms with van der Waals surface area (Å²) in [6.07, 6.45) is 3.25. The Hall–Kier alpha value is -1.43. The van der Waals surface area contributed by atoms with Gasteiger partial charge in [0.15, 0.2) is 0 Å². The maximum atomic E-state index is 12.5. The van der Waals surface area contributed by atoms with Gasteiger partial charge in [0.2, 0.25) is 5.82 Å². The molecule has 1 aromatic rings. The summed E-state index contributed by atoms with van der Waals surface area (Å²) >= 11 is 0. The number of hydrogen-bond acceptors (Lipinski definition) is 4. The lowest BCUT2D eigenvalue weighted by molar-refractivity contribution is 0.0631. The molecular weight excluding hydrogens is 266 g/mol. The highest BCUT2D eigenvalue weighted by atomic mass is 16.2. The number of aromatic amines is 1. The van der Waals surface area contributed by atoms with Gasteiger partial charge >= 0.3 is 0 Å². The van der Waals surface area contributed by atoms with Gasteiger partial charge in [-0.25, -0.2) is 4.98 Å². The molecule has 1 aliphatic rings. The van der Waals surface area contributed by atoms with Crippen LogP contribution >= 0.6 is 0 Å². The summed E-state index contributed by atoms with van der Waals surface area (Å²) in [4.78, 5) is 21.0. The van der Waals surface area contributed by atoms with Crippen LogP contribution in [-0.4, -0.2) is 63.6 Å². The number of hydrogen-bond donors (Lipinski definition) is 1. The molecular formula is C15H27N5O. The van der Waals surface area contributed by atoms with E-state index in [1.807, 2.05) is 25.8 Å². The number of nitrogens with one attached hydrogen (secondary N) is 1. The van der Waals surface area contributed by atoms with Crippen molar-refractivity contribution in [2.75, 3.05) is 26.7 Å². The fourth-order valence-electron chi connectivity index (χ4n) is 2.80. The van der Waals surface area contributed by atoms with E-state index in [2.05, 4.69) is 27.0 Å². The molecule has 1 fully saturated rings. The monoisotopic (exact) mass is 293 g/mol. The largest absolute Gasteiger partial charge is 0.336 e. The van der Waals surface area contributed by atoms with Crippen LogP contribution in [0, 0.1) is 0 Å². The lowest BCUT2D eigenvalue weighted by atomic mass is 10.0. The third kappa shape index (κ3) is 3.81. The molecule has 0 aliphatic carbocycles. The zero-order valence-corrected chi connectivity index (χ0v) is 13.6. The normalized spacial score (nSPS) is 17.4. The number of aromatic nitrogens is 3. The Morgan fingerprint density at radius 3 is 2.62 bits per heavy atom. The minimum Gasteiger partial charge on any atom is -0.336 e. The molecule has 1 aromatic heterocycles. The molecule has 118 valence electrons. The molecule has 0 spiro atoms. The first-order valence-electron chi connectivity index (χ1n) is 7.94. The van der Waals surface area contributed by atoms with Crippen molar-refractivity contribution in [3.05, 3.63) is 11.6 Å². The van der Waals surface area contributed by atoms with Crippen LogP contribution in [0.2, 0.25) is 0 Å². The molecule has 2 heterocycles. The average Bonchev–Trinajstić information content (AvgIpc) is 2.97. The van der Waals surface area contributed by atoms with Crippen LogP contribution < -0.4 is 0 Å². The van der Waals surface area contributed by atoms with Gasteiger partial charge in [-0.1, -0.05) is 20.8 Å². The Morgan fingerprint density at radius 1 is 1.43 bits per heavy atom. The first-order chi connectivity index (χ1) is 10.0. The van der Waals surface area contributed by atoms with Gasteiger partial charge < -0.3 is 9.80 Å². The van der Waals surface area contributed by atoms with Gasteiger partial charge in [0.25, 0.3) is 5.91 Å². The standard InChI is InChI=1S/C15H27N5O/c1-5-8-20-9-6-12(7-10-20)19(4)15(21)14-16-13(11(2)3)17-18-14/h11-12H,5-10H2,1-4H3,(H,16,17,18). The first-order valence-corrected chi connectivity index (χ1v) is 7.94. The predicted octanol–water partition coefficient (Wildman–Crippen LogP) is 1.87. The van der Waals surface area contributed by atoms with E-state index in [4.69, 9.17) is 0 Å². The van der Waals surface area contributed by atoms with Crippen LogP contribution in [-0.2, 0) is 0 Å². The zero-order chi connectivity index (χ0) is 15.4. The number of likely N-dealkylation sites (tertiary alicyclic amines) is 1. The topological polar surface area (TPSA) is 65.1 Å². The van der Waals surface area contributed by atoms with E-state index in [9.17, 15) is 4.79 Å². The number of nitrogens with zero attached hydrogens (tertiary/aromatic N) is 4. The Bertz CT molecular complexity index is 462. The summed E-state index contributed by atoms with van der Waals surface area (Å²) < 4.78 is 0. The van der Waals surface area contributed by atoms with Gasteiger partial charge in [-0.3, -0.25) is 9.89 Å². The summed E-state index contributed by atoms with van der Waals surface area (Å²) in [5.74, 6) is 1.23. The fourth-order valence-corrected chi connectivity index (χ4v) is 2.80. The number of amides is 1. The second-order valence-corrected chi connectivity index (χ2v) is 6.19. The lowest BCUT2D eigenvalue weighted by Gasteiger charge is -2.36. The fraction of sp³-hybridized carbons (Fsp3) is 0.800. The minimum atomic E-state index is -0.0768. The van der Waals surface area contributed by atoms with Gasteiger partial charge in [0.1, 0.15) is 5.82 Å². The van der Waals surface area contributed by atoms with Crippen LogP contribution in [0.25, 0.3) is 0 Å². The second kappa shape index (κ2) is 7.02. The summed E-state index contributed by atoms with van der Waals surface area (Å²) in [6.45, 7) is 9.56. The Labute approximate surface area is 126 Å². The SMILES string of the molecule is CCCN1CCC(N(C)C(=O)c2n[nH]c(C(C)C)n2)CC1. The average molecular weight is 293 g/mol. The quantitative estimate of drug-likeness (QED) is 0.900.